The molecule has 6 nitrogen and oxygen atoms in total. The number of nitrogens with one attached hydrogen (secondary N) is 1. The summed E-state index contributed by atoms with van der Waals surface area (Å²) in [4.78, 5) is 23.7. The number of aliphatic carboxylic acids is 1. The highest BCUT2D eigenvalue weighted by molar-refractivity contribution is 5.80. The minimum atomic E-state index is -0.855. The summed E-state index contributed by atoms with van der Waals surface area (Å²) in [6.07, 6.45) is 3.99. The van der Waals surface area contributed by atoms with E-state index in [4.69, 9.17) is 9.47 Å². The molecule has 2 atom stereocenters. The average Bonchev–Trinajstić information content (AvgIpc) is 2.58. The SMILES string of the molecule is CCCOc1ccc(OCC(=O)NC2(C)CCCCC2C(=O)O)cc1. The normalized spacial score (nSPS) is 22.9. The molecule has 138 valence electrons. The maximum atomic E-state index is 12.2. The molecule has 1 saturated carbocycles. The number of carbonyl (C=O) groups excluding carboxylic acids is 1. The third kappa shape index (κ3) is 5.37. The molecular weight excluding hydrogens is 322 g/mol. The Bertz CT molecular complexity index is 586. The van der Waals surface area contributed by atoms with Crippen LogP contribution < -0.4 is 14.8 Å². The molecule has 1 amide bonds. The average molecular weight is 349 g/mol. The lowest BCUT2D eigenvalue weighted by molar-refractivity contribution is -0.146. The van der Waals surface area contributed by atoms with Gasteiger partial charge < -0.3 is 19.9 Å². The standard InChI is InChI=1S/C19H27NO5/c1-3-12-24-14-7-9-15(10-8-14)25-13-17(21)20-19(2)11-5-4-6-16(19)18(22)23/h7-10,16H,3-6,11-13H2,1-2H3,(H,20,21)(H,22,23). The van der Waals surface area contributed by atoms with Crippen molar-refractivity contribution in [2.75, 3.05) is 13.2 Å². The molecule has 1 aromatic rings. The number of hydrogen-bond donors (Lipinski definition) is 2. The Kier molecular flexibility index (Phi) is 6.67. The number of hydrogen-bond acceptors (Lipinski definition) is 4. The minimum Gasteiger partial charge on any atom is -0.494 e. The van der Waals surface area contributed by atoms with Crippen LogP contribution in [0.25, 0.3) is 0 Å². The highest BCUT2D eigenvalue weighted by Gasteiger charge is 2.42. The summed E-state index contributed by atoms with van der Waals surface area (Å²) >= 11 is 0. The summed E-state index contributed by atoms with van der Waals surface area (Å²) in [7, 11) is 0. The predicted molar refractivity (Wildman–Crippen MR) is 93.9 cm³/mol. The smallest absolute Gasteiger partial charge is 0.308 e. The van der Waals surface area contributed by atoms with Crippen molar-refractivity contribution in [3.63, 3.8) is 0 Å². The third-order valence-corrected chi connectivity index (χ3v) is 4.60. The van der Waals surface area contributed by atoms with Crippen LogP contribution in [0.15, 0.2) is 24.3 Å². The molecule has 0 spiro atoms. The second-order valence-electron chi connectivity index (χ2n) is 6.71. The minimum absolute atomic E-state index is 0.142. The molecular formula is C19H27NO5. The maximum absolute atomic E-state index is 12.2. The molecule has 0 aromatic heterocycles. The molecule has 2 N–H and O–H groups in total. The van der Waals surface area contributed by atoms with Gasteiger partial charge in [-0.1, -0.05) is 19.8 Å². The summed E-state index contributed by atoms with van der Waals surface area (Å²) in [5.74, 6) is -0.381. The van der Waals surface area contributed by atoms with E-state index < -0.39 is 17.4 Å². The highest BCUT2D eigenvalue weighted by atomic mass is 16.5. The van der Waals surface area contributed by atoms with Crippen LogP contribution in [0.1, 0.15) is 46.0 Å². The molecule has 25 heavy (non-hydrogen) atoms. The van der Waals surface area contributed by atoms with E-state index in [2.05, 4.69) is 5.32 Å². The Hall–Kier alpha value is -2.24. The van der Waals surface area contributed by atoms with Gasteiger partial charge in [-0.3, -0.25) is 9.59 Å². The number of carboxylic acid groups (broad SMARTS) is 1. The van der Waals surface area contributed by atoms with E-state index in [-0.39, 0.29) is 12.5 Å². The van der Waals surface area contributed by atoms with Crippen LogP contribution in [0, 0.1) is 5.92 Å². The van der Waals surface area contributed by atoms with Crippen molar-refractivity contribution in [3.8, 4) is 11.5 Å². The van der Waals surface area contributed by atoms with Crippen molar-refractivity contribution in [1.82, 2.24) is 5.32 Å². The van der Waals surface area contributed by atoms with Gasteiger partial charge in [-0.05, 0) is 50.5 Å². The first-order valence-corrected chi connectivity index (χ1v) is 8.84. The Morgan fingerprint density at radius 1 is 1.20 bits per heavy atom. The fourth-order valence-electron chi connectivity index (χ4n) is 3.23. The molecule has 0 saturated heterocycles. The van der Waals surface area contributed by atoms with Gasteiger partial charge in [0.15, 0.2) is 6.61 Å². The van der Waals surface area contributed by atoms with Crippen molar-refractivity contribution in [2.45, 2.75) is 51.5 Å². The molecule has 1 fully saturated rings. The molecule has 1 aliphatic rings. The summed E-state index contributed by atoms with van der Waals surface area (Å²) < 4.78 is 11.0. The van der Waals surface area contributed by atoms with Gasteiger partial charge in [0, 0.05) is 0 Å². The van der Waals surface area contributed by atoms with E-state index in [0.29, 0.717) is 25.2 Å². The van der Waals surface area contributed by atoms with Crippen LogP contribution >= 0.6 is 0 Å². The fourth-order valence-corrected chi connectivity index (χ4v) is 3.23. The van der Waals surface area contributed by atoms with Gasteiger partial charge in [0.25, 0.3) is 5.91 Å². The van der Waals surface area contributed by atoms with Gasteiger partial charge >= 0.3 is 5.97 Å². The fraction of sp³-hybridized carbons (Fsp3) is 0.579. The number of ether oxygens (including phenoxy) is 2. The summed E-state index contributed by atoms with van der Waals surface area (Å²) in [6.45, 7) is 4.36. The zero-order chi connectivity index (χ0) is 18.3. The summed E-state index contributed by atoms with van der Waals surface area (Å²) in [5, 5.41) is 12.3. The van der Waals surface area contributed by atoms with Gasteiger partial charge in [0.05, 0.1) is 18.1 Å². The van der Waals surface area contributed by atoms with Crippen molar-refractivity contribution in [3.05, 3.63) is 24.3 Å². The first kappa shape index (κ1) is 19.1. The van der Waals surface area contributed by atoms with Gasteiger partial charge in [0.2, 0.25) is 0 Å². The number of benzene rings is 1. The topological polar surface area (TPSA) is 84.9 Å². The molecule has 6 heteroatoms. The Balaban J connectivity index is 1.86. The van der Waals surface area contributed by atoms with Gasteiger partial charge in [-0.25, -0.2) is 0 Å². The molecule has 0 bridgehead atoms. The number of amides is 1. The predicted octanol–water partition coefficient (Wildman–Crippen LogP) is 3.00. The lowest BCUT2D eigenvalue weighted by Crippen LogP contribution is -2.56. The summed E-state index contributed by atoms with van der Waals surface area (Å²) in [6, 6.07) is 7.10. The van der Waals surface area contributed by atoms with Gasteiger partial charge in [0.1, 0.15) is 11.5 Å². The molecule has 1 aromatic carbocycles. The molecule has 0 radical (unpaired) electrons. The zero-order valence-electron chi connectivity index (χ0n) is 14.9. The first-order valence-electron chi connectivity index (χ1n) is 8.84. The number of rotatable bonds is 8. The van der Waals surface area contributed by atoms with E-state index in [9.17, 15) is 14.7 Å². The molecule has 2 rings (SSSR count). The van der Waals surface area contributed by atoms with E-state index in [1.165, 1.54) is 0 Å². The van der Waals surface area contributed by atoms with Crippen LogP contribution in [0.3, 0.4) is 0 Å². The van der Waals surface area contributed by atoms with Crippen molar-refractivity contribution in [1.29, 1.82) is 0 Å². The van der Waals surface area contributed by atoms with Crippen LogP contribution in [0.5, 0.6) is 11.5 Å². The summed E-state index contributed by atoms with van der Waals surface area (Å²) in [5.41, 5.74) is -0.720. The highest BCUT2D eigenvalue weighted by Crippen LogP contribution is 2.33. The number of carbonyl (C=O) groups is 2. The lowest BCUT2D eigenvalue weighted by atomic mass is 9.74. The van der Waals surface area contributed by atoms with Crippen LogP contribution in [-0.4, -0.2) is 35.7 Å². The van der Waals surface area contributed by atoms with Gasteiger partial charge in [-0.2, -0.15) is 0 Å². The van der Waals surface area contributed by atoms with Crippen molar-refractivity contribution >= 4 is 11.9 Å². The number of carboxylic acids is 1. The second kappa shape index (κ2) is 8.74. The maximum Gasteiger partial charge on any atom is 0.308 e. The van der Waals surface area contributed by atoms with E-state index >= 15 is 0 Å². The second-order valence-corrected chi connectivity index (χ2v) is 6.71. The van der Waals surface area contributed by atoms with E-state index in [0.717, 1.165) is 25.0 Å². The Morgan fingerprint density at radius 3 is 2.44 bits per heavy atom. The molecule has 2 unspecified atom stereocenters. The molecule has 0 aliphatic heterocycles. The van der Waals surface area contributed by atoms with E-state index in [1.807, 2.05) is 13.8 Å². The van der Waals surface area contributed by atoms with Crippen LogP contribution in [0.4, 0.5) is 0 Å². The third-order valence-electron chi connectivity index (χ3n) is 4.60. The first-order chi connectivity index (χ1) is 11.9. The Labute approximate surface area is 148 Å². The quantitative estimate of drug-likeness (QED) is 0.753. The lowest BCUT2D eigenvalue weighted by Gasteiger charge is -2.39. The monoisotopic (exact) mass is 349 g/mol. The van der Waals surface area contributed by atoms with Crippen molar-refractivity contribution < 1.29 is 24.2 Å². The Morgan fingerprint density at radius 2 is 1.84 bits per heavy atom. The van der Waals surface area contributed by atoms with Gasteiger partial charge in [-0.15, -0.1) is 0 Å². The zero-order valence-corrected chi connectivity index (χ0v) is 14.9. The van der Waals surface area contributed by atoms with E-state index in [1.54, 1.807) is 24.3 Å². The molecule has 1 aliphatic carbocycles. The molecule has 0 heterocycles. The van der Waals surface area contributed by atoms with Crippen molar-refractivity contribution in [2.24, 2.45) is 5.92 Å². The largest absolute Gasteiger partial charge is 0.494 e. The van der Waals surface area contributed by atoms with Crippen LogP contribution in [-0.2, 0) is 9.59 Å². The van der Waals surface area contributed by atoms with Crippen LogP contribution in [0.2, 0.25) is 0 Å².